The molecule has 78 valence electrons. The number of aromatic nitrogens is 2. The van der Waals surface area contributed by atoms with Crippen molar-refractivity contribution < 1.29 is 0 Å². The van der Waals surface area contributed by atoms with E-state index in [9.17, 15) is 0 Å². The maximum atomic E-state index is 4.40. The standard InChI is InChI=1S/C11H19N3/c1-3-10-11(8-14(2)13-10)12-7-6-9-4-5-9/h8-9,12H,3-7H2,1-2H3. The molecule has 1 heterocycles. The van der Waals surface area contributed by atoms with E-state index in [4.69, 9.17) is 0 Å². The first-order valence-electron chi connectivity index (χ1n) is 5.56. The number of nitrogens with one attached hydrogen (secondary N) is 1. The van der Waals surface area contributed by atoms with E-state index in [1.165, 1.54) is 30.6 Å². The fraction of sp³-hybridized carbons (Fsp3) is 0.727. The van der Waals surface area contributed by atoms with Crippen molar-refractivity contribution in [3.63, 3.8) is 0 Å². The largest absolute Gasteiger partial charge is 0.382 e. The monoisotopic (exact) mass is 193 g/mol. The van der Waals surface area contributed by atoms with Gasteiger partial charge in [-0.3, -0.25) is 4.68 Å². The molecule has 0 bridgehead atoms. The van der Waals surface area contributed by atoms with Crippen LogP contribution in [0.15, 0.2) is 6.20 Å². The normalized spacial score (nSPS) is 15.9. The number of aryl methyl sites for hydroxylation is 2. The van der Waals surface area contributed by atoms with Gasteiger partial charge in [0, 0.05) is 19.8 Å². The lowest BCUT2D eigenvalue weighted by atomic mass is 10.2. The van der Waals surface area contributed by atoms with E-state index in [1.807, 2.05) is 11.7 Å². The number of hydrogen-bond donors (Lipinski definition) is 1. The maximum absolute atomic E-state index is 4.40. The van der Waals surface area contributed by atoms with Gasteiger partial charge in [-0.1, -0.05) is 19.8 Å². The van der Waals surface area contributed by atoms with Crippen LogP contribution < -0.4 is 5.32 Å². The average molecular weight is 193 g/mol. The molecular formula is C11H19N3. The van der Waals surface area contributed by atoms with Gasteiger partial charge in [-0.05, 0) is 18.8 Å². The minimum Gasteiger partial charge on any atom is -0.382 e. The highest BCUT2D eigenvalue weighted by Gasteiger charge is 2.20. The molecule has 3 heteroatoms. The molecule has 0 atom stereocenters. The lowest BCUT2D eigenvalue weighted by Crippen LogP contribution is -2.03. The molecule has 3 nitrogen and oxygen atoms in total. The molecule has 1 N–H and O–H groups in total. The molecule has 0 unspecified atom stereocenters. The topological polar surface area (TPSA) is 29.9 Å². The highest BCUT2D eigenvalue weighted by atomic mass is 15.3. The van der Waals surface area contributed by atoms with Crippen LogP contribution >= 0.6 is 0 Å². The Bertz CT molecular complexity index is 299. The van der Waals surface area contributed by atoms with E-state index < -0.39 is 0 Å². The SMILES string of the molecule is CCc1nn(C)cc1NCCC1CC1. The molecule has 0 aliphatic heterocycles. The van der Waals surface area contributed by atoms with Gasteiger partial charge in [0.25, 0.3) is 0 Å². The second-order valence-corrected chi connectivity index (χ2v) is 4.18. The zero-order valence-corrected chi connectivity index (χ0v) is 9.08. The predicted molar refractivity (Wildman–Crippen MR) is 58.4 cm³/mol. The Morgan fingerprint density at radius 3 is 3.00 bits per heavy atom. The van der Waals surface area contributed by atoms with E-state index in [0.717, 1.165) is 18.9 Å². The van der Waals surface area contributed by atoms with Gasteiger partial charge in [-0.25, -0.2) is 0 Å². The van der Waals surface area contributed by atoms with Crippen molar-refractivity contribution in [2.45, 2.75) is 32.6 Å². The summed E-state index contributed by atoms with van der Waals surface area (Å²) in [7, 11) is 1.98. The first kappa shape index (κ1) is 9.56. The Balaban J connectivity index is 1.86. The summed E-state index contributed by atoms with van der Waals surface area (Å²) in [4.78, 5) is 0. The third kappa shape index (κ3) is 2.28. The molecule has 0 radical (unpaired) electrons. The molecule has 1 aromatic rings. The summed E-state index contributed by atoms with van der Waals surface area (Å²) in [6, 6.07) is 0. The fourth-order valence-corrected chi connectivity index (χ4v) is 1.76. The molecule has 14 heavy (non-hydrogen) atoms. The summed E-state index contributed by atoms with van der Waals surface area (Å²) in [5.74, 6) is 1.00. The number of hydrogen-bond acceptors (Lipinski definition) is 2. The van der Waals surface area contributed by atoms with Gasteiger partial charge in [-0.2, -0.15) is 5.10 Å². The predicted octanol–water partition coefficient (Wildman–Crippen LogP) is 2.19. The van der Waals surface area contributed by atoms with E-state index >= 15 is 0 Å². The van der Waals surface area contributed by atoms with E-state index in [0.29, 0.717) is 0 Å². The van der Waals surface area contributed by atoms with Gasteiger partial charge in [-0.15, -0.1) is 0 Å². The van der Waals surface area contributed by atoms with Crippen molar-refractivity contribution in [2.24, 2.45) is 13.0 Å². The van der Waals surface area contributed by atoms with Gasteiger partial charge in [0.05, 0.1) is 11.4 Å². The Labute approximate surface area is 85.5 Å². The van der Waals surface area contributed by atoms with Crippen LogP contribution in [0.1, 0.15) is 31.9 Å². The maximum Gasteiger partial charge on any atom is 0.0853 e. The highest BCUT2D eigenvalue weighted by Crippen LogP contribution is 2.32. The van der Waals surface area contributed by atoms with Crippen LogP contribution in [0, 0.1) is 5.92 Å². The van der Waals surface area contributed by atoms with Crippen molar-refractivity contribution in [3.05, 3.63) is 11.9 Å². The Morgan fingerprint density at radius 2 is 2.36 bits per heavy atom. The molecular weight excluding hydrogens is 174 g/mol. The second-order valence-electron chi connectivity index (χ2n) is 4.18. The molecule has 0 amide bonds. The van der Waals surface area contributed by atoms with Gasteiger partial charge in [0.15, 0.2) is 0 Å². The van der Waals surface area contributed by atoms with E-state index in [1.54, 1.807) is 0 Å². The number of anilines is 1. The summed E-state index contributed by atoms with van der Waals surface area (Å²) in [5, 5.41) is 7.87. The zero-order chi connectivity index (χ0) is 9.97. The molecule has 1 aromatic heterocycles. The van der Waals surface area contributed by atoms with Gasteiger partial charge in [0.2, 0.25) is 0 Å². The number of nitrogens with zero attached hydrogens (tertiary/aromatic N) is 2. The number of rotatable bonds is 5. The zero-order valence-electron chi connectivity index (χ0n) is 9.08. The first-order chi connectivity index (χ1) is 6.79. The van der Waals surface area contributed by atoms with Crippen LogP contribution in [0.3, 0.4) is 0 Å². The third-order valence-corrected chi connectivity index (χ3v) is 2.81. The Kier molecular flexibility index (Phi) is 2.75. The van der Waals surface area contributed by atoms with Crippen molar-refractivity contribution >= 4 is 5.69 Å². The summed E-state index contributed by atoms with van der Waals surface area (Å²) >= 11 is 0. The molecule has 2 rings (SSSR count). The minimum absolute atomic E-state index is 1.00. The molecule has 0 aromatic carbocycles. The molecule has 1 fully saturated rings. The fourth-order valence-electron chi connectivity index (χ4n) is 1.76. The van der Waals surface area contributed by atoms with Crippen molar-refractivity contribution in [1.29, 1.82) is 0 Å². The van der Waals surface area contributed by atoms with Crippen LogP contribution in [0.2, 0.25) is 0 Å². The van der Waals surface area contributed by atoms with Crippen LogP contribution in [0.5, 0.6) is 0 Å². The molecule has 0 spiro atoms. The van der Waals surface area contributed by atoms with Crippen LogP contribution in [-0.4, -0.2) is 16.3 Å². The van der Waals surface area contributed by atoms with Gasteiger partial charge >= 0.3 is 0 Å². The van der Waals surface area contributed by atoms with Crippen LogP contribution in [0.25, 0.3) is 0 Å². The Morgan fingerprint density at radius 1 is 1.57 bits per heavy atom. The summed E-state index contributed by atoms with van der Waals surface area (Å²) in [5.41, 5.74) is 2.40. The highest BCUT2D eigenvalue weighted by molar-refractivity contribution is 5.46. The quantitative estimate of drug-likeness (QED) is 0.777. The van der Waals surface area contributed by atoms with Gasteiger partial charge < -0.3 is 5.32 Å². The van der Waals surface area contributed by atoms with E-state index in [2.05, 4.69) is 23.5 Å². The molecule has 1 aliphatic rings. The summed E-state index contributed by atoms with van der Waals surface area (Å²) < 4.78 is 1.89. The lowest BCUT2D eigenvalue weighted by molar-refractivity contribution is 0.746. The van der Waals surface area contributed by atoms with Crippen LogP contribution in [-0.2, 0) is 13.5 Å². The smallest absolute Gasteiger partial charge is 0.0853 e. The van der Waals surface area contributed by atoms with Crippen molar-refractivity contribution in [3.8, 4) is 0 Å². The minimum atomic E-state index is 1.00. The summed E-state index contributed by atoms with van der Waals surface area (Å²) in [6.45, 7) is 3.25. The summed E-state index contributed by atoms with van der Waals surface area (Å²) in [6.07, 6.45) is 7.28. The average Bonchev–Trinajstić information content (AvgIpc) is 2.90. The van der Waals surface area contributed by atoms with E-state index in [-0.39, 0.29) is 0 Å². The molecule has 1 saturated carbocycles. The lowest BCUT2D eigenvalue weighted by Gasteiger charge is -2.03. The first-order valence-corrected chi connectivity index (χ1v) is 5.56. The second kappa shape index (κ2) is 4.03. The van der Waals surface area contributed by atoms with Crippen molar-refractivity contribution in [1.82, 2.24) is 9.78 Å². The van der Waals surface area contributed by atoms with Crippen LogP contribution in [0.4, 0.5) is 5.69 Å². The van der Waals surface area contributed by atoms with Crippen molar-refractivity contribution in [2.75, 3.05) is 11.9 Å². The molecule has 1 aliphatic carbocycles. The Hall–Kier alpha value is -0.990. The third-order valence-electron chi connectivity index (χ3n) is 2.81. The molecule has 0 saturated heterocycles. The van der Waals surface area contributed by atoms with Gasteiger partial charge in [0.1, 0.15) is 0 Å².